The molecule has 0 heterocycles. The summed E-state index contributed by atoms with van der Waals surface area (Å²) in [6, 6.07) is 0. The quantitative estimate of drug-likeness (QED) is 0.492. The average molecular weight is 208 g/mol. The summed E-state index contributed by atoms with van der Waals surface area (Å²) in [5.41, 5.74) is 0. The van der Waals surface area contributed by atoms with E-state index in [1.807, 2.05) is 0 Å². The average Bonchev–Trinajstić information content (AvgIpc) is 1.61. The number of hydrogen-bond donors (Lipinski definition) is 2. The van der Waals surface area contributed by atoms with E-state index in [1.165, 1.54) is 22.5 Å². The zero-order chi connectivity index (χ0) is 5.70. The van der Waals surface area contributed by atoms with Gasteiger partial charge in [0.2, 0.25) is 0 Å². The Morgan fingerprint density at radius 1 is 1.43 bits per heavy atom. The zero-order valence-electron chi connectivity index (χ0n) is 4.09. The van der Waals surface area contributed by atoms with Crippen LogP contribution in [0.2, 0.25) is 4.44 Å². The minimum absolute atomic E-state index is 0.533. The fourth-order valence-corrected chi connectivity index (χ4v) is 0.867. The molecule has 0 rings (SSSR count). The molecule has 0 aromatic carbocycles. The van der Waals surface area contributed by atoms with E-state index in [1.54, 1.807) is 0 Å². The topological polar surface area (TPSA) is 40.5 Å². The first-order valence-corrected chi connectivity index (χ1v) is 4.30. The third kappa shape index (κ3) is 6.72. The molecule has 0 aliphatic rings. The van der Waals surface area contributed by atoms with Gasteiger partial charge in [0, 0.05) is 0 Å². The van der Waals surface area contributed by atoms with Crippen molar-refractivity contribution in [3.05, 3.63) is 0 Å². The number of aliphatic hydroxyl groups is 2. The van der Waals surface area contributed by atoms with Crippen LogP contribution in [0.5, 0.6) is 0 Å². The molecule has 0 aliphatic carbocycles. The van der Waals surface area contributed by atoms with Crippen molar-refractivity contribution in [3.8, 4) is 0 Å². The van der Waals surface area contributed by atoms with Crippen molar-refractivity contribution >= 4 is 22.5 Å². The standard InChI is InChI=1S/C4H9O2.Sn/c1-2-3-4(5)6;/h4-6H,1-3H2;. The Labute approximate surface area is 56.6 Å². The zero-order valence-corrected chi connectivity index (χ0v) is 6.95. The molecule has 3 radical (unpaired) electrons. The Bertz CT molecular complexity index is 38.7. The normalized spacial score (nSPS) is 10.3. The van der Waals surface area contributed by atoms with Gasteiger partial charge in [-0.1, -0.05) is 0 Å². The summed E-state index contributed by atoms with van der Waals surface area (Å²) in [5, 5.41) is 16.5. The minimum atomic E-state index is -1.08. The molecule has 0 aromatic heterocycles. The molecule has 0 saturated carbocycles. The molecule has 0 unspecified atom stereocenters. The van der Waals surface area contributed by atoms with Gasteiger partial charge < -0.3 is 0 Å². The molecule has 0 aromatic rings. The molecular weight excluding hydrogens is 199 g/mol. The van der Waals surface area contributed by atoms with Gasteiger partial charge in [0.15, 0.2) is 0 Å². The summed E-state index contributed by atoms with van der Waals surface area (Å²) >= 11 is 1.47. The first kappa shape index (κ1) is 7.72. The van der Waals surface area contributed by atoms with Gasteiger partial charge in [-0.3, -0.25) is 0 Å². The van der Waals surface area contributed by atoms with Gasteiger partial charge in [-0.05, 0) is 0 Å². The maximum atomic E-state index is 8.25. The van der Waals surface area contributed by atoms with E-state index in [0.29, 0.717) is 6.42 Å². The summed E-state index contributed by atoms with van der Waals surface area (Å²) in [7, 11) is 0. The second-order valence-electron chi connectivity index (χ2n) is 1.37. The predicted molar refractivity (Wildman–Crippen MR) is 28.0 cm³/mol. The maximum absolute atomic E-state index is 8.25. The molecule has 2 N–H and O–H groups in total. The molecule has 0 bridgehead atoms. The molecule has 0 aliphatic heterocycles. The van der Waals surface area contributed by atoms with Crippen molar-refractivity contribution in [2.45, 2.75) is 23.6 Å². The molecule has 0 amide bonds. The Morgan fingerprint density at radius 2 is 2.00 bits per heavy atom. The first-order valence-electron chi connectivity index (χ1n) is 2.28. The van der Waals surface area contributed by atoms with Crippen molar-refractivity contribution in [1.82, 2.24) is 0 Å². The van der Waals surface area contributed by atoms with Crippen LogP contribution >= 0.6 is 0 Å². The molecule has 0 saturated heterocycles. The van der Waals surface area contributed by atoms with Crippen LogP contribution in [-0.4, -0.2) is 39.0 Å². The van der Waals surface area contributed by atoms with Crippen LogP contribution in [-0.2, 0) is 0 Å². The van der Waals surface area contributed by atoms with Crippen LogP contribution < -0.4 is 0 Å². The summed E-state index contributed by atoms with van der Waals surface area (Å²) in [4.78, 5) is 0. The van der Waals surface area contributed by atoms with E-state index in [9.17, 15) is 0 Å². The molecule has 3 heteroatoms. The number of rotatable bonds is 3. The van der Waals surface area contributed by atoms with E-state index >= 15 is 0 Å². The Balaban J connectivity index is 2.68. The van der Waals surface area contributed by atoms with Crippen LogP contribution in [0.1, 0.15) is 12.8 Å². The molecular formula is C4H9O2Sn. The molecule has 41 valence electrons. The van der Waals surface area contributed by atoms with Crippen molar-refractivity contribution in [3.63, 3.8) is 0 Å². The van der Waals surface area contributed by atoms with Crippen LogP contribution in [0.15, 0.2) is 0 Å². The van der Waals surface area contributed by atoms with Crippen LogP contribution in [0.3, 0.4) is 0 Å². The Kier molecular flexibility index (Phi) is 5.37. The molecule has 2 nitrogen and oxygen atoms in total. The summed E-state index contributed by atoms with van der Waals surface area (Å²) in [6.07, 6.45) is 0.391. The first-order chi connectivity index (χ1) is 3.27. The third-order valence-corrected chi connectivity index (χ3v) is 1.65. The Morgan fingerprint density at radius 3 is 2.14 bits per heavy atom. The van der Waals surface area contributed by atoms with Crippen molar-refractivity contribution < 1.29 is 10.2 Å². The van der Waals surface area contributed by atoms with E-state index in [-0.39, 0.29) is 0 Å². The van der Waals surface area contributed by atoms with Gasteiger partial charge in [0.05, 0.1) is 0 Å². The second kappa shape index (κ2) is 4.87. The van der Waals surface area contributed by atoms with Crippen LogP contribution in [0.4, 0.5) is 0 Å². The van der Waals surface area contributed by atoms with E-state index in [2.05, 4.69) is 0 Å². The van der Waals surface area contributed by atoms with Crippen molar-refractivity contribution in [1.29, 1.82) is 0 Å². The van der Waals surface area contributed by atoms with Gasteiger partial charge in [0.1, 0.15) is 0 Å². The SMILES string of the molecule is OC(O)CC[CH2][Sn]. The fourth-order valence-electron chi connectivity index (χ4n) is 0.285. The van der Waals surface area contributed by atoms with Gasteiger partial charge in [-0.25, -0.2) is 0 Å². The van der Waals surface area contributed by atoms with Crippen molar-refractivity contribution in [2.75, 3.05) is 0 Å². The molecule has 0 atom stereocenters. The fraction of sp³-hybridized carbons (Fsp3) is 1.00. The van der Waals surface area contributed by atoms with E-state index < -0.39 is 6.29 Å². The summed E-state index contributed by atoms with van der Waals surface area (Å²) < 4.78 is 1.12. The second-order valence-corrected chi connectivity index (χ2v) is 2.80. The predicted octanol–water partition coefficient (Wildman–Crippen LogP) is -0.336. The van der Waals surface area contributed by atoms with E-state index in [4.69, 9.17) is 10.2 Å². The molecule has 0 spiro atoms. The van der Waals surface area contributed by atoms with Gasteiger partial charge >= 0.3 is 56.3 Å². The van der Waals surface area contributed by atoms with Crippen LogP contribution in [0, 0.1) is 0 Å². The third-order valence-electron chi connectivity index (χ3n) is 0.639. The summed E-state index contributed by atoms with van der Waals surface area (Å²) in [6.45, 7) is 0. The van der Waals surface area contributed by atoms with Gasteiger partial charge in [-0.2, -0.15) is 0 Å². The summed E-state index contributed by atoms with van der Waals surface area (Å²) in [5.74, 6) is 0. The Hall–Kier alpha value is 0.719. The van der Waals surface area contributed by atoms with Crippen molar-refractivity contribution in [2.24, 2.45) is 0 Å². The molecule has 7 heavy (non-hydrogen) atoms. The van der Waals surface area contributed by atoms with Gasteiger partial charge in [0.25, 0.3) is 0 Å². The van der Waals surface area contributed by atoms with Gasteiger partial charge in [-0.15, -0.1) is 0 Å². The monoisotopic (exact) mass is 209 g/mol. The molecule has 0 fully saturated rings. The number of hydrogen-bond acceptors (Lipinski definition) is 2. The van der Waals surface area contributed by atoms with Crippen LogP contribution in [0.25, 0.3) is 0 Å². The van der Waals surface area contributed by atoms with E-state index in [0.717, 1.165) is 10.9 Å². The number of aliphatic hydroxyl groups excluding tert-OH is 1.